The van der Waals surface area contributed by atoms with Gasteiger partial charge in [-0.05, 0) is 24.6 Å². The maximum Gasteiger partial charge on any atom is 0.278 e. The van der Waals surface area contributed by atoms with Gasteiger partial charge in [-0.2, -0.15) is 18.0 Å². The second kappa shape index (κ2) is 8.70. The molecule has 0 heterocycles. The molecule has 0 radical (unpaired) electrons. The van der Waals surface area contributed by atoms with E-state index in [1.807, 2.05) is 18.2 Å². The van der Waals surface area contributed by atoms with Crippen LogP contribution < -0.4 is 14.8 Å². The Bertz CT molecular complexity index is 594. The molecule has 0 aliphatic heterocycles. The molecule has 8 heteroatoms. The summed E-state index contributed by atoms with van der Waals surface area (Å²) in [7, 11) is -0.405. The van der Waals surface area contributed by atoms with E-state index in [2.05, 4.69) is 10.0 Å². The van der Waals surface area contributed by atoms with Crippen molar-refractivity contribution >= 4 is 10.2 Å². The van der Waals surface area contributed by atoms with Crippen LogP contribution >= 0.6 is 0 Å². The van der Waals surface area contributed by atoms with Gasteiger partial charge >= 0.3 is 0 Å². The Morgan fingerprint density at radius 2 is 1.91 bits per heavy atom. The van der Waals surface area contributed by atoms with Crippen LogP contribution in [-0.2, 0) is 16.8 Å². The van der Waals surface area contributed by atoms with E-state index >= 15 is 0 Å². The molecule has 1 atom stereocenters. The molecule has 2 N–H and O–H groups in total. The van der Waals surface area contributed by atoms with Gasteiger partial charge in [-0.25, -0.2) is 4.72 Å². The molecule has 1 aromatic carbocycles. The standard InChI is InChI=1S/C14H22N4O3S/c1-12(10-15)21-14-6-4-13(5-7-14)11-16-8-9-17-22(19,20)18(2)3/h4-7,12,16-17H,8-9,11H2,1-3H3/t12-/m1/s1. The third kappa shape index (κ3) is 6.41. The quantitative estimate of drug-likeness (QED) is 0.643. The monoisotopic (exact) mass is 326 g/mol. The van der Waals surface area contributed by atoms with Crippen LogP contribution in [0, 0.1) is 11.3 Å². The van der Waals surface area contributed by atoms with E-state index in [0.717, 1.165) is 9.87 Å². The molecule has 0 amide bonds. The first-order chi connectivity index (χ1) is 10.3. The predicted molar refractivity (Wildman–Crippen MR) is 84.5 cm³/mol. The minimum atomic E-state index is -3.36. The summed E-state index contributed by atoms with van der Waals surface area (Å²) >= 11 is 0. The van der Waals surface area contributed by atoms with E-state index in [4.69, 9.17) is 10.00 Å². The number of hydrogen-bond acceptors (Lipinski definition) is 5. The molecule has 122 valence electrons. The highest BCUT2D eigenvalue weighted by molar-refractivity contribution is 7.87. The first-order valence-electron chi connectivity index (χ1n) is 6.88. The van der Waals surface area contributed by atoms with E-state index in [1.54, 1.807) is 19.1 Å². The Morgan fingerprint density at radius 1 is 1.27 bits per heavy atom. The van der Waals surface area contributed by atoms with Crippen LogP contribution in [0.3, 0.4) is 0 Å². The summed E-state index contributed by atoms with van der Waals surface area (Å²) in [5.41, 5.74) is 1.05. The lowest BCUT2D eigenvalue weighted by atomic mass is 10.2. The number of nitriles is 1. The first kappa shape index (κ1) is 18.4. The summed E-state index contributed by atoms with van der Waals surface area (Å²) in [4.78, 5) is 0. The van der Waals surface area contributed by atoms with Crippen LogP contribution in [0.1, 0.15) is 12.5 Å². The zero-order valence-electron chi connectivity index (χ0n) is 13.0. The molecule has 0 spiro atoms. The summed E-state index contributed by atoms with van der Waals surface area (Å²) in [6.07, 6.45) is -0.478. The van der Waals surface area contributed by atoms with Gasteiger partial charge in [-0.3, -0.25) is 0 Å². The molecule has 1 aromatic rings. The van der Waals surface area contributed by atoms with Gasteiger partial charge in [-0.1, -0.05) is 12.1 Å². The maximum absolute atomic E-state index is 11.5. The van der Waals surface area contributed by atoms with E-state index in [9.17, 15) is 8.42 Å². The van der Waals surface area contributed by atoms with Crippen LogP contribution in [0.25, 0.3) is 0 Å². The number of rotatable bonds is 9. The largest absolute Gasteiger partial charge is 0.476 e. The van der Waals surface area contributed by atoms with Crippen LogP contribution in [0.15, 0.2) is 24.3 Å². The lowest BCUT2D eigenvalue weighted by Crippen LogP contribution is -2.39. The SMILES string of the molecule is C[C@H](C#N)Oc1ccc(CNCCNS(=O)(=O)N(C)C)cc1. The average molecular weight is 326 g/mol. The Morgan fingerprint density at radius 3 is 2.45 bits per heavy atom. The lowest BCUT2D eigenvalue weighted by Gasteiger charge is -2.12. The summed E-state index contributed by atoms with van der Waals surface area (Å²) < 4.78 is 31.9. The summed E-state index contributed by atoms with van der Waals surface area (Å²) in [5.74, 6) is 0.650. The highest BCUT2D eigenvalue weighted by Gasteiger charge is 2.10. The number of ether oxygens (including phenoxy) is 1. The molecular weight excluding hydrogens is 304 g/mol. The second-order valence-electron chi connectivity index (χ2n) is 4.89. The molecule has 0 fully saturated rings. The zero-order valence-corrected chi connectivity index (χ0v) is 13.9. The van der Waals surface area contributed by atoms with E-state index in [1.165, 1.54) is 14.1 Å². The molecule has 7 nitrogen and oxygen atoms in total. The highest BCUT2D eigenvalue weighted by atomic mass is 32.2. The average Bonchev–Trinajstić information content (AvgIpc) is 2.48. The molecule has 0 saturated heterocycles. The van der Waals surface area contributed by atoms with Crippen molar-refractivity contribution < 1.29 is 13.2 Å². The van der Waals surface area contributed by atoms with Gasteiger partial charge < -0.3 is 10.1 Å². The van der Waals surface area contributed by atoms with Crippen molar-refractivity contribution in [2.75, 3.05) is 27.2 Å². The third-order valence-electron chi connectivity index (χ3n) is 2.81. The highest BCUT2D eigenvalue weighted by Crippen LogP contribution is 2.13. The van der Waals surface area contributed by atoms with Gasteiger partial charge in [0.15, 0.2) is 6.10 Å². The fourth-order valence-corrected chi connectivity index (χ4v) is 2.16. The third-order valence-corrected chi connectivity index (χ3v) is 4.34. The van der Waals surface area contributed by atoms with Crippen molar-refractivity contribution in [1.29, 1.82) is 5.26 Å². The van der Waals surface area contributed by atoms with Crippen molar-refractivity contribution in [3.63, 3.8) is 0 Å². The van der Waals surface area contributed by atoms with Gasteiger partial charge in [0.2, 0.25) is 0 Å². The minimum absolute atomic E-state index is 0.321. The number of hydrogen-bond donors (Lipinski definition) is 2. The fraction of sp³-hybridized carbons (Fsp3) is 0.500. The molecule has 0 bridgehead atoms. The first-order valence-corrected chi connectivity index (χ1v) is 8.32. The zero-order chi connectivity index (χ0) is 16.6. The Balaban J connectivity index is 2.30. The van der Waals surface area contributed by atoms with E-state index in [-0.39, 0.29) is 0 Å². The lowest BCUT2D eigenvalue weighted by molar-refractivity contribution is 0.276. The topological polar surface area (TPSA) is 94.5 Å². The molecule has 1 rings (SSSR count). The predicted octanol–water partition coefficient (Wildman–Crippen LogP) is 0.463. The summed E-state index contributed by atoms with van der Waals surface area (Å²) in [6, 6.07) is 9.41. The van der Waals surface area contributed by atoms with Crippen LogP contribution in [-0.4, -0.2) is 46.0 Å². The van der Waals surface area contributed by atoms with Crippen molar-refractivity contribution in [3.05, 3.63) is 29.8 Å². The minimum Gasteiger partial charge on any atom is -0.476 e. The molecule has 0 aromatic heterocycles. The number of nitrogens with one attached hydrogen (secondary N) is 2. The van der Waals surface area contributed by atoms with Crippen molar-refractivity contribution in [3.8, 4) is 11.8 Å². The smallest absolute Gasteiger partial charge is 0.278 e. The summed E-state index contributed by atoms with van der Waals surface area (Å²) in [5, 5.41) is 11.8. The van der Waals surface area contributed by atoms with Crippen molar-refractivity contribution in [1.82, 2.24) is 14.3 Å². The molecule has 0 aliphatic rings. The Kier molecular flexibility index (Phi) is 7.27. The molecular formula is C14H22N4O3S. The molecule has 0 saturated carbocycles. The van der Waals surface area contributed by atoms with Gasteiger partial charge in [0.05, 0.1) is 0 Å². The Hall–Kier alpha value is -1.66. The Labute approximate surface area is 132 Å². The van der Waals surface area contributed by atoms with Crippen LogP contribution in [0.4, 0.5) is 0 Å². The van der Waals surface area contributed by atoms with Gasteiger partial charge in [0.25, 0.3) is 10.2 Å². The fourth-order valence-electron chi connectivity index (χ4n) is 1.55. The molecule has 0 unspecified atom stereocenters. The van der Waals surface area contributed by atoms with E-state index < -0.39 is 16.3 Å². The van der Waals surface area contributed by atoms with Crippen LogP contribution in [0.2, 0.25) is 0 Å². The van der Waals surface area contributed by atoms with E-state index in [0.29, 0.717) is 25.4 Å². The molecule has 0 aliphatic carbocycles. The normalized spacial score (nSPS) is 12.9. The second-order valence-corrected chi connectivity index (χ2v) is 6.86. The van der Waals surface area contributed by atoms with Gasteiger partial charge in [-0.15, -0.1) is 0 Å². The van der Waals surface area contributed by atoms with Crippen LogP contribution in [0.5, 0.6) is 5.75 Å². The molecule has 22 heavy (non-hydrogen) atoms. The number of nitrogens with zero attached hydrogens (tertiary/aromatic N) is 2. The number of benzene rings is 1. The van der Waals surface area contributed by atoms with Gasteiger partial charge in [0.1, 0.15) is 11.8 Å². The summed E-state index contributed by atoms with van der Waals surface area (Å²) in [6.45, 7) is 3.15. The maximum atomic E-state index is 11.5. The van der Waals surface area contributed by atoms with Crippen molar-refractivity contribution in [2.45, 2.75) is 19.6 Å². The van der Waals surface area contributed by atoms with Gasteiger partial charge in [0, 0.05) is 33.7 Å². The van der Waals surface area contributed by atoms with Crippen molar-refractivity contribution in [2.24, 2.45) is 0 Å².